The van der Waals surface area contributed by atoms with Crippen LogP contribution in [0.1, 0.15) is 181 Å². The SMILES string of the molecule is CCCCCCCCCCCCCCCCCCCC(C)CCCCCCCC. The molecule has 0 N–H and O–H groups in total. The lowest BCUT2D eigenvalue weighted by molar-refractivity contribution is 0.430. The van der Waals surface area contributed by atoms with Gasteiger partial charge in [-0.3, -0.25) is 0 Å². The van der Waals surface area contributed by atoms with Crippen LogP contribution in [0.2, 0.25) is 0 Å². The average Bonchev–Trinajstić information content (AvgIpc) is 2.73. The molecule has 0 aromatic heterocycles. The van der Waals surface area contributed by atoms with Crippen molar-refractivity contribution in [3.63, 3.8) is 0 Å². The first-order valence-electron chi connectivity index (χ1n) is 14.3. The van der Waals surface area contributed by atoms with Crippen LogP contribution < -0.4 is 0 Å². The van der Waals surface area contributed by atoms with Gasteiger partial charge >= 0.3 is 0 Å². The highest BCUT2D eigenvalue weighted by Gasteiger charge is 2.02. The maximum Gasteiger partial charge on any atom is -0.0443 e. The van der Waals surface area contributed by atoms with Crippen LogP contribution in [0.5, 0.6) is 0 Å². The summed E-state index contributed by atoms with van der Waals surface area (Å²) in [5.74, 6) is 0.970. The van der Waals surface area contributed by atoms with Gasteiger partial charge in [0.25, 0.3) is 0 Å². The summed E-state index contributed by atoms with van der Waals surface area (Å²) in [4.78, 5) is 0. The Morgan fingerprint density at radius 2 is 0.517 bits per heavy atom. The largest absolute Gasteiger partial charge is 0.0654 e. The van der Waals surface area contributed by atoms with Crippen LogP contribution in [0.3, 0.4) is 0 Å². The smallest absolute Gasteiger partial charge is 0.0443 e. The molecule has 0 saturated carbocycles. The molecule has 0 aliphatic rings. The van der Waals surface area contributed by atoms with E-state index in [-0.39, 0.29) is 0 Å². The summed E-state index contributed by atoms with van der Waals surface area (Å²) in [6.07, 6.45) is 36.8. The van der Waals surface area contributed by atoms with Crippen molar-refractivity contribution in [2.45, 2.75) is 181 Å². The molecule has 0 spiro atoms. The molecule has 29 heavy (non-hydrogen) atoms. The summed E-state index contributed by atoms with van der Waals surface area (Å²) in [6.45, 7) is 7.10. The van der Waals surface area contributed by atoms with E-state index in [0.29, 0.717) is 0 Å². The second-order valence-corrected chi connectivity index (χ2v) is 10.1. The Kier molecular flexibility index (Phi) is 26.0. The Labute approximate surface area is 187 Å². The molecule has 0 bridgehead atoms. The fraction of sp³-hybridized carbons (Fsp3) is 1.00. The van der Waals surface area contributed by atoms with Gasteiger partial charge in [-0.25, -0.2) is 0 Å². The Bertz CT molecular complexity index is 269. The van der Waals surface area contributed by atoms with Crippen LogP contribution in [0.15, 0.2) is 0 Å². The molecule has 1 unspecified atom stereocenters. The molecule has 176 valence electrons. The van der Waals surface area contributed by atoms with E-state index in [1.54, 1.807) is 0 Å². The van der Waals surface area contributed by atoms with Crippen LogP contribution in [-0.2, 0) is 0 Å². The molecule has 0 rings (SSSR count). The minimum atomic E-state index is 0.970. The lowest BCUT2D eigenvalue weighted by Gasteiger charge is -2.11. The summed E-state index contributed by atoms with van der Waals surface area (Å²) in [5.41, 5.74) is 0. The Balaban J connectivity index is 3.09. The summed E-state index contributed by atoms with van der Waals surface area (Å²) in [6, 6.07) is 0. The molecule has 0 heteroatoms. The Morgan fingerprint density at radius 1 is 0.310 bits per heavy atom. The van der Waals surface area contributed by atoms with E-state index in [9.17, 15) is 0 Å². The standard InChI is InChI=1S/C29H60/c1-4-6-8-10-12-13-14-15-16-17-18-19-20-21-22-24-26-28-29(3)27-25-23-11-9-7-5-2/h29H,4-28H2,1-3H3. The van der Waals surface area contributed by atoms with Crippen molar-refractivity contribution in [3.8, 4) is 0 Å². The monoisotopic (exact) mass is 408 g/mol. The van der Waals surface area contributed by atoms with Gasteiger partial charge < -0.3 is 0 Å². The van der Waals surface area contributed by atoms with E-state index >= 15 is 0 Å². The minimum Gasteiger partial charge on any atom is -0.0654 e. The molecular weight excluding hydrogens is 348 g/mol. The van der Waals surface area contributed by atoms with Crippen LogP contribution in [0, 0.1) is 5.92 Å². The summed E-state index contributed by atoms with van der Waals surface area (Å²) in [5, 5.41) is 0. The lowest BCUT2D eigenvalue weighted by Crippen LogP contribution is -1.95. The highest BCUT2D eigenvalue weighted by atomic mass is 14.1. The van der Waals surface area contributed by atoms with Crippen molar-refractivity contribution in [1.29, 1.82) is 0 Å². The molecular formula is C29H60. The third-order valence-electron chi connectivity index (χ3n) is 6.85. The van der Waals surface area contributed by atoms with E-state index < -0.39 is 0 Å². The number of hydrogen-bond acceptors (Lipinski definition) is 0. The van der Waals surface area contributed by atoms with E-state index in [2.05, 4.69) is 20.8 Å². The van der Waals surface area contributed by atoms with Gasteiger partial charge in [-0.1, -0.05) is 181 Å². The molecule has 0 aliphatic heterocycles. The van der Waals surface area contributed by atoms with Crippen LogP contribution in [-0.4, -0.2) is 0 Å². The maximum absolute atomic E-state index is 2.48. The van der Waals surface area contributed by atoms with Gasteiger partial charge in [0, 0.05) is 0 Å². The number of unbranched alkanes of at least 4 members (excludes halogenated alkanes) is 21. The third kappa shape index (κ3) is 26.0. The van der Waals surface area contributed by atoms with Crippen LogP contribution in [0.4, 0.5) is 0 Å². The Hall–Kier alpha value is 0. The normalized spacial score (nSPS) is 12.5. The molecule has 0 amide bonds. The van der Waals surface area contributed by atoms with Gasteiger partial charge in [0.15, 0.2) is 0 Å². The van der Waals surface area contributed by atoms with Crippen molar-refractivity contribution in [2.24, 2.45) is 5.92 Å². The first-order valence-corrected chi connectivity index (χ1v) is 14.3. The first-order chi connectivity index (χ1) is 14.3. The third-order valence-corrected chi connectivity index (χ3v) is 6.85. The topological polar surface area (TPSA) is 0 Å². The van der Waals surface area contributed by atoms with Gasteiger partial charge in [-0.05, 0) is 5.92 Å². The van der Waals surface area contributed by atoms with E-state index in [1.165, 1.54) is 161 Å². The van der Waals surface area contributed by atoms with Crippen LogP contribution in [0.25, 0.3) is 0 Å². The molecule has 0 fully saturated rings. The molecule has 0 aromatic carbocycles. The fourth-order valence-corrected chi connectivity index (χ4v) is 4.64. The quantitative estimate of drug-likeness (QED) is 0.132. The Morgan fingerprint density at radius 3 is 0.759 bits per heavy atom. The van der Waals surface area contributed by atoms with E-state index in [4.69, 9.17) is 0 Å². The van der Waals surface area contributed by atoms with Crippen LogP contribution >= 0.6 is 0 Å². The second-order valence-electron chi connectivity index (χ2n) is 10.1. The summed E-state index contributed by atoms with van der Waals surface area (Å²) in [7, 11) is 0. The molecule has 0 aromatic rings. The minimum absolute atomic E-state index is 0.970. The predicted octanol–water partition coefficient (Wildman–Crippen LogP) is 11.4. The number of rotatable bonds is 25. The molecule has 0 nitrogen and oxygen atoms in total. The molecule has 0 radical (unpaired) electrons. The summed E-state index contributed by atoms with van der Waals surface area (Å²) < 4.78 is 0. The van der Waals surface area contributed by atoms with E-state index in [1.807, 2.05) is 0 Å². The molecule has 0 heterocycles. The van der Waals surface area contributed by atoms with Crippen molar-refractivity contribution in [1.82, 2.24) is 0 Å². The molecule has 0 aliphatic carbocycles. The van der Waals surface area contributed by atoms with Crippen molar-refractivity contribution < 1.29 is 0 Å². The zero-order chi connectivity index (χ0) is 21.3. The molecule has 0 saturated heterocycles. The van der Waals surface area contributed by atoms with Gasteiger partial charge in [-0.2, -0.15) is 0 Å². The average molecular weight is 409 g/mol. The zero-order valence-corrected chi connectivity index (χ0v) is 21.3. The van der Waals surface area contributed by atoms with E-state index in [0.717, 1.165) is 5.92 Å². The number of hydrogen-bond donors (Lipinski definition) is 0. The first kappa shape index (κ1) is 29.0. The maximum atomic E-state index is 2.48. The van der Waals surface area contributed by atoms with Gasteiger partial charge in [0.1, 0.15) is 0 Å². The van der Waals surface area contributed by atoms with Gasteiger partial charge in [0.05, 0.1) is 0 Å². The van der Waals surface area contributed by atoms with Gasteiger partial charge in [0.2, 0.25) is 0 Å². The summed E-state index contributed by atoms with van der Waals surface area (Å²) >= 11 is 0. The highest BCUT2D eigenvalue weighted by Crippen LogP contribution is 2.19. The van der Waals surface area contributed by atoms with Crippen molar-refractivity contribution >= 4 is 0 Å². The van der Waals surface area contributed by atoms with Crippen molar-refractivity contribution in [3.05, 3.63) is 0 Å². The highest BCUT2D eigenvalue weighted by molar-refractivity contribution is 4.56. The van der Waals surface area contributed by atoms with Crippen molar-refractivity contribution in [2.75, 3.05) is 0 Å². The van der Waals surface area contributed by atoms with Gasteiger partial charge in [-0.15, -0.1) is 0 Å². The predicted molar refractivity (Wildman–Crippen MR) is 136 cm³/mol. The zero-order valence-electron chi connectivity index (χ0n) is 21.3. The molecule has 1 atom stereocenters. The lowest BCUT2D eigenvalue weighted by atomic mass is 9.96. The fourth-order valence-electron chi connectivity index (χ4n) is 4.64. The second kappa shape index (κ2) is 26.0.